The molecule has 1 unspecified atom stereocenters. The Labute approximate surface area is 117 Å². The van der Waals surface area contributed by atoms with Crippen LogP contribution in [0.3, 0.4) is 0 Å². The lowest BCUT2D eigenvalue weighted by molar-refractivity contribution is 0.00598. The second-order valence-electron chi connectivity index (χ2n) is 4.82. The summed E-state index contributed by atoms with van der Waals surface area (Å²) in [5.74, 6) is 0.889. The second-order valence-corrected chi connectivity index (χ2v) is 5.20. The first kappa shape index (κ1) is 12.6. The molecule has 1 aliphatic rings. The van der Waals surface area contributed by atoms with Crippen LogP contribution in [0.4, 0.5) is 0 Å². The number of ether oxygens (including phenoxy) is 1. The summed E-state index contributed by atoms with van der Waals surface area (Å²) in [6.07, 6.45) is 3.75. The first-order chi connectivity index (χ1) is 9.34. The summed E-state index contributed by atoms with van der Waals surface area (Å²) < 4.78 is 8.49. The van der Waals surface area contributed by atoms with Crippen LogP contribution in [-0.2, 0) is 11.3 Å². The summed E-state index contributed by atoms with van der Waals surface area (Å²) in [5, 5.41) is 7.23. The standard InChI is InChI=1S/C14H17N3OS/c19-14-16-15-13(11-6-2-1-3-7-11)17(14)10-12-8-4-5-9-18-12/h1-3,6-7,12H,4-5,8-10H2,(H,16,19). The van der Waals surface area contributed by atoms with Crippen molar-refractivity contribution < 1.29 is 4.74 Å². The lowest BCUT2D eigenvalue weighted by atomic mass is 10.1. The maximum absolute atomic E-state index is 5.79. The van der Waals surface area contributed by atoms with Crippen molar-refractivity contribution in [2.45, 2.75) is 31.9 Å². The number of hydrogen-bond donors (Lipinski definition) is 1. The fourth-order valence-corrected chi connectivity index (χ4v) is 2.66. The zero-order valence-corrected chi connectivity index (χ0v) is 11.5. The Kier molecular flexibility index (Phi) is 3.75. The molecule has 1 fully saturated rings. The zero-order valence-electron chi connectivity index (χ0n) is 10.7. The van der Waals surface area contributed by atoms with Gasteiger partial charge in [-0.05, 0) is 31.5 Å². The van der Waals surface area contributed by atoms with E-state index in [2.05, 4.69) is 10.2 Å². The maximum Gasteiger partial charge on any atom is 0.195 e. The van der Waals surface area contributed by atoms with E-state index in [0.29, 0.717) is 4.77 Å². The van der Waals surface area contributed by atoms with E-state index in [0.717, 1.165) is 31.0 Å². The van der Waals surface area contributed by atoms with Crippen molar-refractivity contribution in [3.63, 3.8) is 0 Å². The summed E-state index contributed by atoms with van der Waals surface area (Å²) >= 11 is 5.33. The van der Waals surface area contributed by atoms with Gasteiger partial charge < -0.3 is 4.74 Å². The van der Waals surface area contributed by atoms with Crippen LogP contribution in [0.1, 0.15) is 19.3 Å². The van der Waals surface area contributed by atoms with Crippen LogP contribution in [-0.4, -0.2) is 27.5 Å². The highest BCUT2D eigenvalue weighted by molar-refractivity contribution is 7.71. The molecule has 5 heteroatoms. The molecule has 1 aromatic heterocycles. The van der Waals surface area contributed by atoms with Gasteiger partial charge in [0.05, 0.1) is 12.6 Å². The monoisotopic (exact) mass is 275 g/mol. The highest BCUT2D eigenvalue weighted by atomic mass is 32.1. The van der Waals surface area contributed by atoms with Gasteiger partial charge in [0, 0.05) is 12.2 Å². The minimum atomic E-state index is 0.250. The first-order valence-corrected chi connectivity index (χ1v) is 7.07. The average molecular weight is 275 g/mol. The number of aromatic amines is 1. The van der Waals surface area contributed by atoms with Crippen LogP contribution >= 0.6 is 12.2 Å². The molecule has 0 aliphatic carbocycles. The first-order valence-electron chi connectivity index (χ1n) is 6.67. The van der Waals surface area contributed by atoms with E-state index in [1.54, 1.807) is 0 Å². The Balaban J connectivity index is 1.88. The van der Waals surface area contributed by atoms with Crippen molar-refractivity contribution in [2.75, 3.05) is 6.61 Å². The van der Waals surface area contributed by atoms with E-state index in [1.807, 2.05) is 34.9 Å². The summed E-state index contributed by atoms with van der Waals surface area (Å²) in [6, 6.07) is 10.1. The van der Waals surface area contributed by atoms with Gasteiger partial charge in [0.15, 0.2) is 10.6 Å². The van der Waals surface area contributed by atoms with Crippen LogP contribution in [0, 0.1) is 4.77 Å². The van der Waals surface area contributed by atoms with Crippen LogP contribution in [0.25, 0.3) is 11.4 Å². The van der Waals surface area contributed by atoms with Crippen LogP contribution in [0.2, 0.25) is 0 Å². The maximum atomic E-state index is 5.79. The van der Waals surface area contributed by atoms with E-state index in [1.165, 1.54) is 12.8 Å². The largest absolute Gasteiger partial charge is 0.376 e. The van der Waals surface area contributed by atoms with Gasteiger partial charge in [-0.15, -0.1) is 0 Å². The van der Waals surface area contributed by atoms with Gasteiger partial charge in [-0.3, -0.25) is 9.67 Å². The number of rotatable bonds is 3. The van der Waals surface area contributed by atoms with Crippen LogP contribution < -0.4 is 0 Å². The fraction of sp³-hybridized carbons (Fsp3) is 0.429. The lowest BCUT2D eigenvalue weighted by Crippen LogP contribution is -2.24. The molecule has 1 N–H and O–H groups in total. The van der Waals surface area contributed by atoms with Crippen molar-refractivity contribution in [3.05, 3.63) is 35.1 Å². The summed E-state index contributed by atoms with van der Waals surface area (Å²) in [7, 11) is 0. The molecule has 4 nitrogen and oxygen atoms in total. The van der Waals surface area contributed by atoms with Gasteiger partial charge >= 0.3 is 0 Å². The number of benzene rings is 1. The molecule has 1 aliphatic heterocycles. The Morgan fingerprint density at radius 2 is 2.16 bits per heavy atom. The van der Waals surface area contributed by atoms with Crippen molar-refractivity contribution in [3.8, 4) is 11.4 Å². The highest BCUT2D eigenvalue weighted by Gasteiger charge is 2.17. The van der Waals surface area contributed by atoms with Gasteiger partial charge in [-0.25, -0.2) is 0 Å². The average Bonchev–Trinajstić information content (AvgIpc) is 2.82. The van der Waals surface area contributed by atoms with Gasteiger partial charge in [-0.2, -0.15) is 5.10 Å². The predicted molar refractivity (Wildman–Crippen MR) is 76.4 cm³/mol. The Hall–Kier alpha value is -1.46. The molecule has 0 bridgehead atoms. The third kappa shape index (κ3) is 2.77. The van der Waals surface area contributed by atoms with Crippen molar-refractivity contribution in [1.29, 1.82) is 0 Å². The van der Waals surface area contributed by atoms with E-state index in [4.69, 9.17) is 17.0 Å². The van der Waals surface area contributed by atoms with E-state index >= 15 is 0 Å². The molecule has 2 aromatic rings. The molecule has 0 amide bonds. The lowest BCUT2D eigenvalue weighted by Gasteiger charge is -2.23. The van der Waals surface area contributed by atoms with Gasteiger partial charge in [-0.1, -0.05) is 30.3 Å². The van der Waals surface area contributed by atoms with Crippen LogP contribution in [0.15, 0.2) is 30.3 Å². The number of nitrogens with zero attached hydrogens (tertiary/aromatic N) is 2. The summed E-state index contributed by atoms with van der Waals surface area (Å²) in [6.45, 7) is 1.63. The van der Waals surface area contributed by atoms with Gasteiger partial charge in [0.1, 0.15) is 0 Å². The zero-order chi connectivity index (χ0) is 13.1. The van der Waals surface area contributed by atoms with Crippen molar-refractivity contribution in [2.24, 2.45) is 0 Å². The molecule has 0 saturated carbocycles. The predicted octanol–water partition coefficient (Wildman–Crippen LogP) is 3.18. The quantitative estimate of drug-likeness (QED) is 0.875. The number of H-pyrrole nitrogens is 1. The molecule has 0 radical (unpaired) electrons. The normalized spacial score (nSPS) is 19.5. The molecule has 0 spiro atoms. The molecule has 1 aromatic carbocycles. The number of aromatic nitrogens is 3. The van der Waals surface area contributed by atoms with E-state index in [9.17, 15) is 0 Å². The number of hydrogen-bond acceptors (Lipinski definition) is 3. The molecule has 1 atom stereocenters. The van der Waals surface area contributed by atoms with Gasteiger partial charge in [0.2, 0.25) is 0 Å². The topological polar surface area (TPSA) is 42.8 Å². The van der Waals surface area contributed by atoms with Crippen LogP contribution in [0.5, 0.6) is 0 Å². The van der Waals surface area contributed by atoms with Gasteiger partial charge in [0.25, 0.3) is 0 Å². The van der Waals surface area contributed by atoms with E-state index < -0.39 is 0 Å². The minimum Gasteiger partial charge on any atom is -0.376 e. The van der Waals surface area contributed by atoms with Crippen molar-refractivity contribution >= 4 is 12.2 Å². The Bertz CT molecular complexity index is 584. The summed E-state index contributed by atoms with van der Waals surface area (Å²) in [4.78, 5) is 0. The minimum absolute atomic E-state index is 0.250. The Morgan fingerprint density at radius 1 is 1.32 bits per heavy atom. The molecule has 2 heterocycles. The molecular weight excluding hydrogens is 258 g/mol. The van der Waals surface area contributed by atoms with Crippen molar-refractivity contribution in [1.82, 2.24) is 14.8 Å². The third-order valence-electron chi connectivity index (χ3n) is 3.45. The molecular formula is C14H17N3OS. The SMILES string of the molecule is S=c1[nH]nc(-c2ccccc2)n1CC1CCCCO1. The second kappa shape index (κ2) is 5.67. The smallest absolute Gasteiger partial charge is 0.195 e. The molecule has 1 saturated heterocycles. The molecule has 100 valence electrons. The van der Waals surface area contributed by atoms with E-state index in [-0.39, 0.29) is 6.10 Å². The number of nitrogens with one attached hydrogen (secondary N) is 1. The molecule has 3 rings (SSSR count). The highest BCUT2D eigenvalue weighted by Crippen LogP contribution is 2.20. The fourth-order valence-electron chi connectivity index (χ4n) is 2.45. The Morgan fingerprint density at radius 3 is 2.89 bits per heavy atom. The molecule has 19 heavy (non-hydrogen) atoms. The third-order valence-corrected chi connectivity index (χ3v) is 3.76. The summed E-state index contributed by atoms with van der Waals surface area (Å²) in [5.41, 5.74) is 1.07.